The van der Waals surface area contributed by atoms with Gasteiger partial charge in [-0.3, -0.25) is 9.80 Å². The summed E-state index contributed by atoms with van der Waals surface area (Å²) >= 11 is 0. The number of rotatable bonds is 3. The number of nitrogens with zero attached hydrogens (tertiary/aromatic N) is 2. The molecule has 1 fully saturated rings. The first kappa shape index (κ1) is 12.0. The maximum atomic E-state index is 9.59. The standard InChI is InChI=1S/C11H24N2O/c1-5-11(14)8-13-6-9(2)12(4)10(3)7-13/h9-11,14H,5-8H2,1-4H3/t9-,10+,11?. The van der Waals surface area contributed by atoms with Crippen LogP contribution in [0.4, 0.5) is 0 Å². The van der Waals surface area contributed by atoms with Crippen molar-refractivity contribution in [2.75, 3.05) is 26.7 Å². The Morgan fingerprint density at radius 3 is 2.21 bits per heavy atom. The van der Waals surface area contributed by atoms with E-state index in [1.807, 2.05) is 6.92 Å². The van der Waals surface area contributed by atoms with Crippen LogP contribution in [0.5, 0.6) is 0 Å². The SMILES string of the molecule is CCC(O)CN1C[C@@H](C)N(C)[C@@H](C)C1. The van der Waals surface area contributed by atoms with Gasteiger partial charge in [0.05, 0.1) is 6.10 Å². The summed E-state index contributed by atoms with van der Waals surface area (Å²) in [6.45, 7) is 9.53. The molecule has 0 aliphatic carbocycles. The van der Waals surface area contributed by atoms with E-state index in [-0.39, 0.29) is 6.10 Å². The van der Waals surface area contributed by atoms with Crippen molar-refractivity contribution in [3.63, 3.8) is 0 Å². The van der Waals surface area contributed by atoms with Crippen LogP contribution in [-0.4, -0.2) is 59.8 Å². The molecule has 0 amide bonds. The predicted molar refractivity (Wildman–Crippen MR) is 59.4 cm³/mol. The van der Waals surface area contributed by atoms with Crippen LogP contribution in [0.1, 0.15) is 27.2 Å². The van der Waals surface area contributed by atoms with Crippen molar-refractivity contribution in [3.05, 3.63) is 0 Å². The Bertz CT molecular complexity index is 160. The van der Waals surface area contributed by atoms with Crippen molar-refractivity contribution in [3.8, 4) is 0 Å². The number of β-amino-alcohol motifs (C(OH)–C–C–N with tert-alkyl or cyclic N) is 1. The number of aliphatic hydroxyl groups excluding tert-OH is 1. The van der Waals surface area contributed by atoms with Crippen molar-refractivity contribution >= 4 is 0 Å². The van der Waals surface area contributed by atoms with E-state index in [1.54, 1.807) is 0 Å². The summed E-state index contributed by atoms with van der Waals surface area (Å²) in [6, 6.07) is 1.20. The molecule has 0 aromatic carbocycles. The highest BCUT2D eigenvalue weighted by Crippen LogP contribution is 2.13. The predicted octanol–water partition coefficient (Wildman–Crippen LogP) is 0.782. The van der Waals surface area contributed by atoms with E-state index in [4.69, 9.17) is 0 Å². The molecule has 1 aliphatic heterocycles. The maximum absolute atomic E-state index is 9.59. The molecule has 0 aromatic rings. The molecule has 1 aliphatic rings. The normalized spacial score (nSPS) is 33.2. The van der Waals surface area contributed by atoms with E-state index in [9.17, 15) is 5.11 Å². The molecule has 84 valence electrons. The fraction of sp³-hybridized carbons (Fsp3) is 1.00. The molecule has 3 nitrogen and oxygen atoms in total. The number of hydrogen-bond acceptors (Lipinski definition) is 3. The van der Waals surface area contributed by atoms with Gasteiger partial charge in [0.25, 0.3) is 0 Å². The van der Waals surface area contributed by atoms with Crippen LogP contribution in [0.25, 0.3) is 0 Å². The molecule has 0 radical (unpaired) electrons. The molecule has 14 heavy (non-hydrogen) atoms. The molecule has 1 saturated heterocycles. The topological polar surface area (TPSA) is 26.7 Å². The van der Waals surface area contributed by atoms with Crippen LogP contribution in [0.3, 0.4) is 0 Å². The van der Waals surface area contributed by atoms with Crippen LogP contribution < -0.4 is 0 Å². The Balaban J connectivity index is 2.41. The van der Waals surface area contributed by atoms with E-state index >= 15 is 0 Å². The molecular formula is C11H24N2O. The molecule has 1 unspecified atom stereocenters. The second kappa shape index (κ2) is 5.10. The molecule has 1 heterocycles. The Kier molecular flexibility index (Phi) is 4.35. The zero-order valence-corrected chi connectivity index (χ0v) is 9.90. The summed E-state index contributed by atoms with van der Waals surface area (Å²) in [4.78, 5) is 4.79. The summed E-state index contributed by atoms with van der Waals surface area (Å²) in [5, 5.41) is 9.59. The highest BCUT2D eigenvalue weighted by molar-refractivity contribution is 4.83. The van der Waals surface area contributed by atoms with Crippen LogP contribution in [0.2, 0.25) is 0 Å². The lowest BCUT2D eigenvalue weighted by atomic mass is 10.1. The van der Waals surface area contributed by atoms with Gasteiger partial charge in [0.2, 0.25) is 0 Å². The zero-order chi connectivity index (χ0) is 10.7. The summed E-state index contributed by atoms with van der Waals surface area (Å²) < 4.78 is 0. The fourth-order valence-electron chi connectivity index (χ4n) is 2.09. The number of piperazine rings is 1. The lowest BCUT2D eigenvalue weighted by Gasteiger charge is -2.43. The second-order valence-corrected chi connectivity index (χ2v) is 4.64. The molecule has 0 aromatic heterocycles. The van der Waals surface area contributed by atoms with Gasteiger partial charge in [-0.2, -0.15) is 0 Å². The highest BCUT2D eigenvalue weighted by atomic mass is 16.3. The molecular weight excluding hydrogens is 176 g/mol. The van der Waals surface area contributed by atoms with Gasteiger partial charge in [-0.05, 0) is 27.3 Å². The largest absolute Gasteiger partial charge is 0.392 e. The van der Waals surface area contributed by atoms with Crippen molar-refractivity contribution in [1.29, 1.82) is 0 Å². The van der Waals surface area contributed by atoms with Crippen molar-refractivity contribution in [2.45, 2.75) is 45.4 Å². The number of hydrogen-bond donors (Lipinski definition) is 1. The van der Waals surface area contributed by atoms with Crippen molar-refractivity contribution in [2.24, 2.45) is 0 Å². The highest BCUT2D eigenvalue weighted by Gasteiger charge is 2.26. The van der Waals surface area contributed by atoms with E-state index in [0.29, 0.717) is 12.1 Å². The third kappa shape index (κ3) is 2.94. The van der Waals surface area contributed by atoms with E-state index in [0.717, 1.165) is 26.1 Å². The second-order valence-electron chi connectivity index (χ2n) is 4.64. The van der Waals surface area contributed by atoms with Gasteiger partial charge in [-0.15, -0.1) is 0 Å². The summed E-state index contributed by atoms with van der Waals surface area (Å²) in [6.07, 6.45) is 0.701. The Hall–Kier alpha value is -0.120. The number of likely N-dealkylation sites (N-methyl/N-ethyl adjacent to an activating group) is 1. The van der Waals surface area contributed by atoms with Gasteiger partial charge in [0.15, 0.2) is 0 Å². The zero-order valence-electron chi connectivity index (χ0n) is 9.90. The first-order chi connectivity index (χ1) is 6.54. The molecule has 0 bridgehead atoms. The first-order valence-electron chi connectivity index (χ1n) is 5.67. The van der Waals surface area contributed by atoms with Crippen molar-refractivity contribution < 1.29 is 5.11 Å². The number of aliphatic hydroxyl groups is 1. The molecule has 1 N–H and O–H groups in total. The van der Waals surface area contributed by atoms with Gasteiger partial charge in [-0.25, -0.2) is 0 Å². The summed E-state index contributed by atoms with van der Waals surface area (Å²) in [5.41, 5.74) is 0. The summed E-state index contributed by atoms with van der Waals surface area (Å²) in [7, 11) is 2.18. The van der Waals surface area contributed by atoms with Crippen LogP contribution >= 0.6 is 0 Å². The third-order valence-electron chi connectivity index (χ3n) is 3.38. The molecule has 0 saturated carbocycles. The minimum atomic E-state index is -0.155. The van der Waals surface area contributed by atoms with Crippen molar-refractivity contribution in [1.82, 2.24) is 9.80 Å². The van der Waals surface area contributed by atoms with Crippen LogP contribution in [0, 0.1) is 0 Å². The lowest BCUT2D eigenvalue weighted by Crippen LogP contribution is -2.56. The fourth-order valence-corrected chi connectivity index (χ4v) is 2.09. The van der Waals surface area contributed by atoms with E-state index in [2.05, 4.69) is 30.7 Å². The Morgan fingerprint density at radius 2 is 1.79 bits per heavy atom. The van der Waals surface area contributed by atoms with E-state index < -0.39 is 0 Å². The maximum Gasteiger partial charge on any atom is 0.0664 e. The first-order valence-corrected chi connectivity index (χ1v) is 5.67. The molecule has 1 rings (SSSR count). The van der Waals surface area contributed by atoms with Gasteiger partial charge >= 0.3 is 0 Å². The lowest BCUT2D eigenvalue weighted by molar-refractivity contribution is 0.0278. The van der Waals surface area contributed by atoms with Gasteiger partial charge in [0.1, 0.15) is 0 Å². The Morgan fingerprint density at radius 1 is 1.29 bits per heavy atom. The minimum absolute atomic E-state index is 0.155. The smallest absolute Gasteiger partial charge is 0.0664 e. The Labute approximate surface area is 87.7 Å². The minimum Gasteiger partial charge on any atom is -0.392 e. The summed E-state index contributed by atoms with van der Waals surface area (Å²) in [5.74, 6) is 0. The quantitative estimate of drug-likeness (QED) is 0.729. The monoisotopic (exact) mass is 200 g/mol. The third-order valence-corrected chi connectivity index (χ3v) is 3.38. The molecule has 3 heteroatoms. The van der Waals surface area contributed by atoms with Gasteiger partial charge < -0.3 is 5.11 Å². The molecule has 0 spiro atoms. The van der Waals surface area contributed by atoms with Gasteiger partial charge in [0, 0.05) is 31.7 Å². The average molecular weight is 200 g/mol. The van der Waals surface area contributed by atoms with E-state index in [1.165, 1.54) is 0 Å². The average Bonchev–Trinajstić information content (AvgIpc) is 2.14. The van der Waals surface area contributed by atoms with Gasteiger partial charge in [-0.1, -0.05) is 6.92 Å². The van der Waals surface area contributed by atoms with Crippen LogP contribution in [-0.2, 0) is 0 Å². The molecule has 3 atom stereocenters. The van der Waals surface area contributed by atoms with Crippen LogP contribution in [0.15, 0.2) is 0 Å².